The summed E-state index contributed by atoms with van der Waals surface area (Å²) in [7, 11) is 0. The molecule has 1 aromatic rings. The average Bonchev–Trinajstić information content (AvgIpc) is 3.42. The third kappa shape index (κ3) is 3.43. The molecule has 2 N–H and O–H groups in total. The van der Waals surface area contributed by atoms with E-state index in [0.29, 0.717) is 24.4 Å². The normalized spacial score (nSPS) is 21.6. The highest BCUT2D eigenvalue weighted by atomic mass is 35.5. The van der Waals surface area contributed by atoms with Gasteiger partial charge in [0.25, 0.3) is 0 Å². The summed E-state index contributed by atoms with van der Waals surface area (Å²) in [6.45, 7) is 2.45. The lowest BCUT2D eigenvalue weighted by Crippen LogP contribution is -2.60. The first-order valence-electron chi connectivity index (χ1n) is 9.06. The van der Waals surface area contributed by atoms with Gasteiger partial charge in [0.1, 0.15) is 12.0 Å². The van der Waals surface area contributed by atoms with Crippen molar-refractivity contribution in [3.05, 3.63) is 29.3 Å². The third-order valence-electron chi connectivity index (χ3n) is 5.34. The second-order valence-electron chi connectivity index (χ2n) is 7.16. The van der Waals surface area contributed by atoms with E-state index in [1.54, 1.807) is 28.0 Å². The van der Waals surface area contributed by atoms with Crippen molar-refractivity contribution in [2.24, 2.45) is 11.1 Å². The van der Waals surface area contributed by atoms with E-state index < -0.39 is 11.3 Å². The Kier molecular flexibility index (Phi) is 5.23. The third-order valence-corrected chi connectivity index (χ3v) is 5.58. The van der Waals surface area contributed by atoms with Crippen molar-refractivity contribution in [1.82, 2.24) is 4.90 Å². The molecule has 1 saturated heterocycles. The van der Waals surface area contributed by atoms with E-state index in [9.17, 15) is 14.4 Å². The Morgan fingerprint density at radius 3 is 2.65 bits per heavy atom. The lowest BCUT2D eigenvalue weighted by atomic mass is 9.98. The molecule has 1 aromatic carbocycles. The number of halogens is 1. The van der Waals surface area contributed by atoms with Crippen LogP contribution in [-0.2, 0) is 14.4 Å². The number of primary amides is 1. The molecule has 1 saturated carbocycles. The molecular weight excluding hydrogens is 354 g/mol. The number of amides is 3. The van der Waals surface area contributed by atoms with E-state index in [4.69, 9.17) is 17.3 Å². The lowest BCUT2D eigenvalue weighted by Gasteiger charge is -2.42. The van der Waals surface area contributed by atoms with Gasteiger partial charge in [-0.1, -0.05) is 37.4 Å². The number of hydrogen-bond acceptors (Lipinski definition) is 3. The topological polar surface area (TPSA) is 83.7 Å². The monoisotopic (exact) mass is 377 g/mol. The van der Waals surface area contributed by atoms with Crippen LogP contribution in [0.3, 0.4) is 0 Å². The fourth-order valence-electron chi connectivity index (χ4n) is 3.55. The first-order chi connectivity index (χ1) is 12.4. The van der Waals surface area contributed by atoms with Crippen molar-refractivity contribution < 1.29 is 14.4 Å². The summed E-state index contributed by atoms with van der Waals surface area (Å²) in [5.74, 6) is -1.04. The van der Waals surface area contributed by atoms with Crippen LogP contribution in [0.1, 0.15) is 39.0 Å². The number of carbonyl (C=O) groups excluding carboxylic acids is 3. The highest BCUT2D eigenvalue weighted by molar-refractivity contribution is 6.31. The van der Waals surface area contributed by atoms with Gasteiger partial charge in [0, 0.05) is 17.3 Å². The zero-order chi connectivity index (χ0) is 18.9. The zero-order valence-electron chi connectivity index (χ0n) is 14.9. The molecule has 1 aliphatic heterocycles. The second kappa shape index (κ2) is 7.27. The molecular formula is C19H24ClN3O3. The van der Waals surface area contributed by atoms with Crippen molar-refractivity contribution in [2.75, 3.05) is 18.0 Å². The number of carbonyl (C=O) groups is 3. The number of benzene rings is 1. The SMILES string of the molecule is CCCC[C@H]1CN(c2cccc(Cl)c2)C(=O)CN1C(=O)C1(C(N)=O)CC1. The van der Waals surface area contributed by atoms with Crippen LogP contribution in [0.25, 0.3) is 0 Å². The molecule has 140 valence electrons. The Bertz CT molecular complexity index is 732. The van der Waals surface area contributed by atoms with E-state index in [2.05, 4.69) is 6.92 Å². The van der Waals surface area contributed by atoms with E-state index in [1.165, 1.54) is 0 Å². The molecule has 1 atom stereocenters. The molecule has 1 heterocycles. The summed E-state index contributed by atoms with van der Waals surface area (Å²) < 4.78 is 0. The van der Waals surface area contributed by atoms with Gasteiger partial charge < -0.3 is 15.5 Å². The van der Waals surface area contributed by atoms with Crippen LogP contribution in [-0.4, -0.2) is 41.8 Å². The van der Waals surface area contributed by atoms with E-state index in [1.807, 2.05) is 6.07 Å². The predicted molar refractivity (Wildman–Crippen MR) is 99.7 cm³/mol. The maximum Gasteiger partial charge on any atom is 0.246 e. The smallest absolute Gasteiger partial charge is 0.246 e. The summed E-state index contributed by atoms with van der Waals surface area (Å²) in [6.07, 6.45) is 3.66. The standard InChI is InChI=1S/C19H24ClN3O3/c1-2-3-6-15-11-22(14-7-4-5-13(20)10-14)16(24)12-23(15)18(26)19(8-9-19)17(21)25/h4-5,7,10,15H,2-3,6,8-9,11-12H2,1H3,(H2,21,25)/t15-/m0/s1. The summed E-state index contributed by atoms with van der Waals surface area (Å²) in [6, 6.07) is 7.02. The summed E-state index contributed by atoms with van der Waals surface area (Å²) in [5.41, 5.74) is 5.09. The Morgan fingerprint density at radius 1 is 1.35 bits per heavy atom. The molecule has 3 rings (SSSR count). The van der Waals surface area contributed by atoms with Crippen LogP contribution in [0.5, 0.6) is 0 Å². The van der Waals surface area contributed by atoms with Crippen LogP contribution in [0.15, 0.2) is 24.3 Å². The van der Waals surface area contributed by atoms with Crippen molar-refractivity contribution in [3.8, 4) is 0 Å². The van der Waals surface area contributed by atoms with Gasteiger partial charge in [-0.05, 0) is 37.5 Å². The summed E-state index contributed by atoms with van der Waals surface area (Å²) in [5, 5.41) is 0.560. The number of rotatable bonds is 6. The number of nitrogens with two attached hydrogens (primary N) is 1. The predicted octanol–water partition coefficient (Wildman–Crippen LogP) is 2.34. The minimum absolute atomic E-state index is 0.0330. The molecule has 3 amide bonds. The number of piperazine rings is 1. The average molecular weight is 378 g/mol. The lowest BCUT2D eigenvalue weighted by molar-refractivity contribution is -0.148. The van der Waals surface area contributed by atoms with Gasteiger partial charge in [-0.15, -0.1) is 0 Å². The van der Waals surface area contributed by atoms with Gasteiger partial charge >= 0.3 is 0 Å². The Hall–Kier alpha value is -2.08. The Labute approximate surface area is 158 Å². The number of unbranched alkanes of at least 4 members (excludes halogenated alkanes) is 1. The molecule has 0 spiro atoms. The van der Waals surface area contributed by atoms with Gasteiger partial charge in [-0.3, -0.25) is 14.4 Å². The van der Waals surface area contributed by atoms with Gasteiger partial charge in [-0.25, -0.2) is 0 Å². The van der Waals surface area contributed by atoms with Crippen molar-refractivity contribution in [2.45, 2.75) is 45.1 Å². The number of hydrogen-bond donors (Lipinski definition) is 1. The first kappa shape index (κ1) is 18.7. The molecule has 2 fully saturated rings. The van der Waals surface area contributed by atoms with Crippen LogP contribution >= 0.6 is 11.6 Å². The van der Waals surface area contributed by atoms with Gasteiger partial charge in [0.05, 0.1) is 6.04 Å². The highest BCUT2D eigenvalue weighted by Gasteiger charge is 2.58. The molecule has 6 nitrogen and oxygen atoms in total. The second-order valence-corrected chi connectivity index (χ2v) is 7.60. The van der Waals surface area contributed by atoms with Crippen LogP contribution in [0, 0.1) is 5.41 Å². The molecule has 0 radical (unpaired) electrons. The van der Waals surface area contributed by atoms with Crippen LogP contribution < -0.4 is 10.6 Å². The van der Waals surface area contributed by atoms with Crippen LogP contribution in [0.4, 0.5) is 5.69 Å². The first-order valence-corrected chi connectivity index (χ1v) is 9.44. The summed E-state index contributed by atoms with van der Waals surface area (Å²) in [4.78, 5) is 40.7. The fraction of sp³-hybridized carbons (Fsp3) is 0.526. The number of anilines is 1. The molecule has 1 aliphatic carbocycles. The molecule has 0 aromatic heterocycles. The molecule has 26 heavy (non-hydrogen) atoms. The quantitative estimate of drug-likeness (QED) is 0.772. The van der Waals surface area contributed by atoms with Crippen molar-refractivity contribution >= 4 is 35.0 Å². The Balaban J connectivity index is 1.84. The summed E-state index contributed by atoms with van der Waals surface area (Å²) >= 11 is 6.06. The maximum absolute atomic E-state index is 13.0. The fourth-order valence-corrected chi connectivity index (χ4v) is 3.74. The molecule has 7 heteroatoms. The largest absolute Gasteiger partial charge is 0.369 e. The van der Waals surface area contributed by atoms with Gasteiger partial charge in [0.15, 0.2) is 0 Å². The zero-order valence-corrected chi connectivity index (χ0v) is 15.7. The van der Waals surface area contributed by atoms with Crippen LogP contribution in [0.2, 0.25) is 5.02 Å². The van der Waals surface area contributed by atoms with E-state index in [0.717, 1.165) is 24.9 Å². The highest BCUT2D eigenvalue weighted by Crippen LogP contribution is 2.47. The molecule has 0 bridgehead atoms. The molecule has 0 unspecified atom stereocenters. The minimum atomic E-state index is -1.09. The molecule has 2 aliphatic rings. The van der Waals surface area contributed by atoms with E-state index >= 15 is 0 Å². The van der Waals surface area contributed by atoms with Crippen molar-refractivity contribution in [3.63, 3.8) is 0 Å². The van der Waals surface area contributed by atoms with E-state index in [-0.39, 0.29) is 24.4 Å². The van der Waals surface area contributed by atoms with Crippen molar-refractivity contribution in [1.29, 1.82) is 0 Å². The minimum Gasteiger partial charge on any atom is -0.369 e. The number of nitrogens with zero attached hydrogens (tertiary/aromatic N) is 2. The van der Waals surface area contributed by atoms with Gasteiger partial charge in [-0.2, -0.15) is 0 Å². The maximum atomic E-state index is 13.0. The van der Waals surface area contributed by atoms with Gasteiger partial charge in [0.2, 0.25) is 17.7 Å². The Morgan fingerprint density at radius 2 is 2.08 bits per heavy atom.